The molecule has 0 fully saturated rings. The summed E-state index contributed by atoms with van der Waals surface area (Å²) >= 11 is 0. The summed E-state index contributed by atoms with van der Waals surface area (Å²) in [6.07, 6.45) is -0.0455. The van der Waals surface area contributed by atoms with E-state index < -0.39 is 17.2 Å². The normalized spacial score (nSPS) is 10.7. The highest BCUT2D eigenvalue weighted by atomic mass is 16.5. The van der Waals surface area contributed by atoms with E-state index in [-0.39, 0.29) is 24.1 Å². The van der Waals surface area contributed by atoms with Gasteiger partial charge in [0, 0.05) is 12.6 Å². The molecule has 0 saturated heterocycles. The summed E-state index contributed by atoms with van der Waals surface area (Å²) in [6, 6.07) is 9.76. The van der Waals surface area contributed by atoms with Crippen LogP contribution in [0.25, 0.3) is 16.6 Å². The second-order valence-corrected chi connectivity index (χ2v) is 6.30. The van der Waals surface area contributed by atoms with Gasteiger partial charge in [0.1, 0.15) is 11.1 Å². The van der Waals surface area contributed by atoms with Gasteiger partial charge in [0.05, 0.1) is 46.1 Å². The van der Waals surface area contributed by atoms with Gasteiger partial charge in [-0.15, -0.1) is 0 Å². The van der Waals surface area contributed by atoms with Crippen molar-refractivity contribution in [3.05, 3.63) is 57.2 Å². The van der Waals surface area contributed by atoms with Crippen molar-refractivity contribution >= 4 is 16.9 Å². The summed E-state index contributed by atoms with van der Waals surface area (Å²) in [5.74, 6) is 0.549. The van der Waals surface area contributed by atoms with Crippen LogP contribution in [-0.4, -0.2) is 43.5 Å². The van der Waals surface area contributed by atoms with Crippen molar-refractivity contribution in [2.75, 3.05) is 28.4 Å². The molecule has 0 aliphatic rings. The second-order valence-electron chi connectivity index (χ2n) is 6.30. The molecule has 0 spiro atoms. The van der Waals surface area contributed by atoms with Gasteiger partial charge in [0.25, 0.3) is 5.56 Å². The van der Waals surface area contributed by atoms with Crippen LogP contribution in [0, 0.1) is 0 Å². The molecular weight excluding hydrogens is 392 g/mol. The Bertz CT molecular complexity index is 1210. The third-order valence-electron chi connectivity index (χ3n) is 4.73. The van der Waals surface area contributed by atoms with E-state index in [1.807, 2.05) is 0 Å². The maximum atomic E-state index is 13.4. The summed E-state index contributed by atoms with van der Waals surface area (Å²) in [5.41, 5.74) is -0.529. The van der Waals surface area contributed by atoms with Gasteiger partial charge >= 0.3 is 11.7 Å². The molecule has 1 heterocycles. The zero-order valence-electron chi connectivity index (χ0n) is 17.1. The number of fused-ring (bicyclic) bond motifs is 1. The largest absolute Gasteiger partial charge is 0.497 e. The fourth-order valence-electron chi connectivity index (χ4n) is 3.27. The van der Waals surface area contributed by atoms with Gasteiger partial charge in [0.2, 0.25) is 0 Å². The number of aromatic nitrogens is 2. The average molecular weight is 414 g/mol. The highest BCUT2D eigenvalue weighted by Crippen LogP contribution is 2.33. The molecule has 0 saturated carbocycles. The molecule has 158 valence electrons. The Kier molecular flexibility index (Phi) is 6.10. The topological polar surface area (TPSA) is 98.0 Å². The summed E-state index contributed by atoms with van der Waals surface area (Å²) < 4.78 is 23.0. The zero-order valence-corrected chi connectivity index (χ0v) is 17.1. The smallest absolute Gasteiger partial charge is 0.336 e. The molecule has 9 heteroatoms. The van der Waals surface area contributed by atoms with Crippen LogP contribution in [0.3, 0.4) is 0 Å². The molecule has 3 rings (SSSR count). The number of rotatable bonds is 7. The fourth-order valence-corrected chi connectivity index (χ4v) is 3.27. The number of carbonyl (C=O) groups is 1. The number of esters is 1. The first-order valence-corrected chi connectivity index (χ1v) is 9.08. The van der Waals surface area contributed by atoms with Crippen LogP contribution in [0.5, 0.6) is 17.2 Å². The maximum absolute atomic E-state index is 13.4. The summed E-state index contributed by atoms with van der Waals surface area (Å²) in [4.78, 5) is 38.4. The molecule has 9 nitrogen and oxygen atoms in total. The van der Waals surface area contributed by atoms with Crippen LogP contribution in [0.1, 0.15) is 6.42 Å². The Balaban J connectivity index is 2.42. The molecule has 0 amide bonds. The van der Waals surface area contributed by atoms with Crippen LogP contribution in [0.2, 0.25) is 0 Å². The summed E-state index contributed by atoms with van der Waals surface area (Å²) in [5, 5.41) is 0.157. The van der Waals surface area contributed by atoms with Crippen LogP contribution in [0.15, 0.2) is 46.0 Å². The lowest BCUT2D eigenvalue weighted by Gasteiger charge is -2.17. The summed E-state index contributed by atoms with van der Waals surface area (Å²) in [6.45, 7) is 0.0156. The van der Waals surface area contributed by atoms with E-state index >= 15 is 0 Å². The monoisotopic (exact) mass is 414 g/mol. The zero-order chi connectivity index (χ0) is 21.8. The number of hydrogen-bond donors (Lipinski definition) is 0. The molecule has 2 aromatic carbocycles. The number of methoxy groups -OCH3 is 4. The van der Waals surface area contributed by atoms with Crippen molar-refractivity contribution < 1.29 is 23.7 Å². The third kappa shape index (κ3) is 3.61. The van der Waals surface area contributed by atoms with E-state index in [2.05, 4.69) is 0 Å². The van der Waals surface area contributed by atoms with Crippen LogP contribution in [-0.2, 0) is 16.1 Å². The van der Waals surface area contributed by atoms with Crippen molar-refractivity contribution in [2.24, 2.45) is 0 Å². The number of ether oxygens (including phenoxy) is 4. The van der Waals surface area contributed by atoms with Crippen molar-refractivity contribution in [2.45, 2.75) is 13.0 Å². The Hall–Kier alpha value is -3.75. The van der Waals surface area contributed by atoms with Crippen molar-refractivity contribution in [3.8, 4) is 22.9 Å². The van der Waals surface area contributed by atoms with Gasteiger partial charge in [-0.05, 0) is 24.3 Å². The van der Waals surface area contributed by atoms with E-state index in [1.165, 1.54) is 33.0 Å². The minimum atomic E-state index is -0.600. The molecule has 3 aromatic rings. The van der Waals surface area contributed by atoms with Gasteiger partial charge in [-0.3, -0.25) is 14.2 Å². The van der Waals surface area contributed by atoms with E-state index in [9.17, 15) is 14.4 Å². The van der Waals surface area contributed by atoms with Crippen LogP contribution < -0.4 is 25.5 Å². The van der Waals surface area contributed by atoms with Gasteiger partial charge < -0.3 is 18.9 Å². The van der Waals surface area contributed by atoms with Gasteiger partial charge in [-0.1, -0.05) is 6.07 Å². The van der Waals surface area contributed by atoms with Gasteiger partial charge in [-0.25, -0.2) is 9.36 Å². The number of hydrogen-bond acceptors (Lipinski definition) is 7. The number of benzene rings is 2. The molecule has 0 radical (unpaired) electrons. The molecular formula is C21H22N2O7. The Morgan fingerprint density at radius 3 is 2.37 bits per heavy atom. The summed E-state index contributed by atoms with van der Waals surface area (Å²) in [7, 11) is 5.63. The SMILES string of the molecule is COC(=O)CCn1c(=O)n(-c2cccc(OC)c2)c(=O)c2c(OC)c(OC)ccc21. The molecule has 0 bridgehead atoms. The van der Waals surface area contributed by atoms with E-state index in [1.54, 1.807) is 36.4 Å². The van der Waals surface area contributed by atoms with Crippen LogP contribution >= 0.6 is 0 Å². The number of carbonyl (C=O) groups excluding carboxylic acids is 1. The first kappa shape index (κ1) is 21.0. The van der Waals surface area contributed by atoms with Crippen molar-refractivity contribution in [3.63, 3.8) is 0 Å². The first-order valence-electron chi connectivity index (χ1n) is 9.08. The first-order chi connectivity index (χ1) is 14.5. The number of aryl methyl sites for hydroxylation is 1. The Morgan fingerprint density at radius 2 is 1.73 bits per heavy atom. The molecule has 0 unspecified atom stereocenters. The molecule has 30 heavy (non-hydrogen) atoms. The lowest BCUT2D eigenvalue weighted by molar-refractivity contribution is -0.140. The van der Waals surface area contributed by atoms with Crippen LogP contribution in [0.4, 0.5) is 0 Å². The molecule has 0 aliphatic heterocycles. The Morgan fingerprint density at radius 1 is 0.967 bits per heavy atom. The maximum Gasteiger partial charge on any atom is 0.336 e. The van der Waals surface area contributed by atoms with Crippen molar-refractivity contribution in [1.82, 2.24) is 9.13 Å². The predicted octanol–water partition coefficient (Wildman–Crippen LogP) is 1.74. The molecule has 1 aromatic heterocycles. The Labute approximate surface area is 172 Å². The fraction of sp³-hybridized carbons (Fsp3) is 0.286. The molecule has 0 N–H and O–H groups in total. The lowest BCUT2D eigenvalue weighted by atomic mass is 10.2. The highest BCUT2D eigenvalue weighted by Gasteiger charge is 2.21. The van der Waals surface area contributed by atoms with Crippen molar-refractivity contribution in [1.29, 1.82) is 0 Å². The second kappa shape index (κ2) is 8.73. The highest BCUT2D eigenvalue weighted by molar-refractivity contribution is 5.88. The lowest BCUT2D eigenvalue weighted by Crippen LogP contribution is -2.39. The standard InChI is InChI=1S/C21H22N2O7/c1-27-14-7-5-6-13(12-14)23-20(25)18-15(8-9-16(28-2)19(18)30-4)22(21(23)26)11-10-17(24)29-3/h5-9,12H,10-11H2,1-4H3. The van der Waals surface area contributed by atoms with E-state index in [0.29, 0.717) is 22.7 Å². The number of nitrogens with zero attached hydrogens (tertiary/aromatic N) is 2. The molecule has 0 aliphatic carbocycles. The molecule has 0 atom stereocenters. The minimum Gasteiger partial charge on any atom is -0.497 e. The van der Waals surface area contributed by atoms with E-state index in [0.717, 1.165) is 4.57 Å². The predicted molar refractivity (Wildman–Crippen MR) is 110 cm³/mol. The van der Waals surface area contributed by atoms with Gasteiger partial charge in [0.15, 0.2) is 11.5 Å². The third-order valence-corrected chi connectivity index (χ3v) is 4.73. The average Bonchev–Trinajstić information content (AvgIpc) is 2.77. The van der Waals surface area contributed by atoms with E-state index in [4.69, 9.17) is 18.9 Å². The van der Waals surface area contributed by atoms with Gasteiger partial charge in [-0.2, -0.15) is 0 Å². The quantitative estimate of drug-likeness (QED) is 0.543. The minimum absolute atomic E-state index is 0.0156.